The lowest BCUT2D eigenvalue weighted by atomic mass is 9.88. The van der Waals surface area contributed by atoms with E-state index in [9.17, 15) is 0 Å². The molecule has 0 radical (unpaired) electrons. The molecule has 0 bridgehead atoms. The molecular weight excluding hydrogens is 432 g/mol. The molecule has 0 unspecified atom stereocenters. The molecular formula is C36H24. The van der Waals surface area contributed by atoms with Crippen LogP contribution in [0.15, 0.2) is 146 Å². The Morgan fingerprint density at radius 2 is 0.917 bits per heavy atom. The minimum absolute atomic E-state index is 1.24. The van der Waals surface area contributed by atoms with E-state index < -0.39 is 0 Å². The fourth-order valence-corrected chi connectivity index (χ4v) is 5.49. The molecule has 0 aliphatic carbocycles. The van der Waals surface area contributed by atoms with Gasteiger partial charge in [-0.3, -0.25) is 0 Å². The lowest BCUT2D eigenvalue weighted by Gasteiger charge is -2.15. The van der Waals surface area contributed by atoms with Gasteiger partial charge in [0.2, 0.25) is 0 Å². The van der Waals surface area contributed by atoms with Gasteiger partial charge in [-0.15, -0.1) is 0 Å². The average Bonchev–Trinajstić information content (AvgIpc) is 2.96. The van der Waals surface area contributed by atoms with E-state index in [2.05, 4.69) is 146 Å². The van der Waals surface area contributed by atoms with E-state index in [1.165, 1.54) is 65.7 Å². The fourth-order valence-electron chi connectivity index (χ4n) is 5.49. The van der Waals surface area contributed by atoms with Gasteiger partial charge >= 0.3 is 0 Å². The zero-order chi connectivity index (χ0) is 23.9. The Hall–Kier alpha value is -4.68. The Kier molecular flexibility index (Phi) is 4.89. The molecule has 0 nitrogen and oxygen atoms in total. The predicted octanol–water partition coefficient (Wildman–Crippen LogP) is 10.1. The summed E-state index contributed by atoms with van der Waals surface area (Å²) in [6.07, 6.45) is 0. The van der Waals surface area contributed by atoms with Crippen LogP contribution < -0.4 is 0 Å². The second kappa shape index (κ2) is 8.52. The number of rotatable bonds is 3. The predicted molar refractivity (Wildman–Crippen MR) is 155 cm³/mol. The molecule has 0 heteroatoms. The molecule has 7 aromatic carbocycles. The molecule has 0 saturated carbocycles. The summed E-state index contributed by atoms with van der Waals surface area (Å²) in [5.41, 5.74) is 7.52. The van der Waals surface area contributed by atoms with Crippen LogP contribution in [0.4, 0.5) is 0 Å². The fraction of sp³-hybridized carbons (Fsp3) is 0. The van der Waals surface area contributed by atoms with Gasteiger partial charge < -0.3 is 0 Å². The van der Waals surface area contributed by atoms with Crippen molar-refractivity contribution in [3.05, 3.63) is 146 Å². The lowest BCUT2D eigenvalue weighted by molar-refractivity contribution is 1.62. The molecule has 0 aliphatic rings. The van der Waals surface area contributed by atoms with Gasteiger partial charge in [-0.2, -0.15) is 0 Å². The van der Waals surface area contributed by atoms with Gasteiger partial charge in [-0.1, -0.05) is 127 Å². The first kappa shape index (κ1) is 20.7. The maximum Gasteiger partial charge on any atom is -0.00264 e. The Morgan fingerprint density at radius 3 is 1.81 bits per heavy atom. The SMILES string of the molecule is c1ccc(-c2cccc3cc(-c4cccc(-c5ccc6ccccc6c5)c4)c4ccccc4c23)cc1. The van der Waals surface area contributed by atoms with Gasteiger partial charge in [-0.25, -0.2) is 0 Å². The van der Waals surface area contributed by atoms with Crippen LogP contribution in [0, 0.1) is 0 Å². The van der Waals surface area contributed by atoms with Gasteiger partial charge in [0.25, 0.3) is 0 Å². The maximum atomic E-state index is 2.36. The average molecular weight is 457 g/mol. The van der Waals surface area contributed by atoms with E-state index in [1.807, 2.05) is 0 Å². The van der Waals surface area contributed by atoms with Crippen molar-refractivity contribution in [1.29, 1.82) is 0 Å². The van der Waals surface area contributed by atoms with Crippen molar-refractivity contribution in [2.45, 2.75) is 0 Å². The maximum absolute atomic E-state index is 2.36. The Morgan fingerprint density at radius 1 is 0.278 bits per heavy atom. The van der Waals surface area contributed by atoms with Gasteiger partial charge in [0.1, 0.15) is 0 Å². The highest BCUT2D eigenvalue weighted by molar-refractivity contribution is 6.18. The molecule has 36 heavy (non-hydrogen) atoms. The summed E-state index contributed by atoms with van der Waals surface area (Å²) < 4.78 is 0. The zero-order valence-electron chi connectivity index (χ0n) is 19.9. The Balaban J connectivity index is 1.45. The molecule has 0 saturated heterocycles. The van der Waals surface area contributed by atoms with E-state index in [0.717, 1.165) is 0 Å². The quantitative estimate of drug-likeness (QED) is 0.232. The van der Waals surface area contributed by atoms with Crippen LogP contribution in [0.3, 0.4) is 0 Å². The van der Waals surface area contributed by atoms with Crippen LogP contribution in [0.1, 0.15) is 0 Å². The van der Waals surface area contributed by atoms with Crippen LogP contribution >= 0.6 is 0 Å². The minimum atomic E-state index is 1.24. The summed E-state index contributed by atoms with van der Waals surface area (Å²) in [4.78, 5) is 0. The van der Waals surface area contributed by atoms with Crippen molar-refractivity contribution in [1.82, 2.24) is 0 Å². The second-order valence-electron chi connectivity index (χ2n) is 9.38. The summed E-state index contributed by atoms with van der Waals surface area (Å²) in [7, 11) is 0. The molecule has 0 aliphatic heterocycles. The summed E-state index contributed by atoms with van der Waals surface area (Å²) >= 11 is 0. The number of fused-ring (bicyclic) bond motifs is 4. The summed E-state index contributed by atoms with van der Waals surface area (Å²) in [5, 5.41) is 7.69. The number of benzene rings is 7. The highest BCUT2D eigenvalue weighted by atomic mass is 14.2. The van der Waals surface area contributed by atoms with Crippen molar-refractivity contribution in [2.24, 2.45) is 0 Å². The van der Waals surface area contributed by atoms with Crippen molar-refractivity contribution >= 4 is 32.3 Å². The molecule has 0 N–H and O–H groups in total. The van der Waals surface area contributed by atoms with Crippen LogP contribution in [-0.4, -0.2) is 0 Å². The molecule has 7 aromatic rings. The molecule has 0 heterocycles. The smallest absolute Gasteiger partial charge is 0.00264 e. The topological polar surface area (TPSA) is 0 Å². The monoisotopic (exact) mass is 456 g/mol. The minimum Gasteiger partial charge on any atom is -0.0622 e. The van der Waals surface area contributed by atoms with Gasteiger partial charge in [-0.05, 0) is 83.9 Å². The highest BCUT2D eigenvalue weighted by Crippen LogP contribution is 2.40. The lowest BCUT2D eigenvalue weighted by Crippen LogP contribution is -1.88. The Bertz CT molecular complexity index is 1880. The summed E-state index contributed by atoms with van der Waals surface area (Å²) in [6.45, 7) is 0. The third-order valence-corrected chi connectivity index (χ3v) is 7.22. The number of hydrogen-bond acceptors (Lipinski definition) is 0. The molecule has 0 aromatic heterocycles. The standard InChI is InChI=1S/C36H24/c1-2-11-26(12-3-1)32-19-9-16-31-24-35(33-17-6-7-18-34(33)36(31)32)30-15-8-14-28(23-30)29-21-20-25-10-4-5-13-27(25)22-29/h1-24H. The highest BCUT2D eigenvalue weighted by Gasteiger charge is 2.13. The third-order valence-electron chi connectivity index (χ3n) is 7.22. The van der Waals surface area contributed by atoms with Crippen LogP contribution in [0.25, 0.3) is 65.7 Å². The Labute approximate surface area is 211 Å². The van der Waals surface area contributed by atoms with Crippen molar-refractivity contribution in [3.63, 3.8) is 0 Å². The van der Waals surface area contributed by atoms with Crippen LogP contribution in [0.5, 0.6) is 0 Å². The molecule has 0 atom stereocenters. The summed E-state index contributed by atoms with van der Waals surface area (Å²) in [5.74, 6) is 0. The molecule has 0 fully saturated rings. The van der Waals surface area contributed by atoms with Crippen molar-refractivity contribution in [3.8, 4) is 33.4 Å². The second-order valence-corrected chi connectivity index (χ2v) is 9.38. The van der Waals surface area contributed by atoms with E-state index >= 15 is 0 Å². The summed E-state index contributed by atoms with van der Waals surface area (Å²) in [6, 6.07) is 52.8. The first-order valence-electron chi connectivity index (χ1n) is 12.4. The first-order chi connectivity index (χ1) is 17.8. The van der Waals surface area contributed by atoms with E-state index in [-0.39, 0.29) is 0 Å². The van der Waals surface area contributed by atoms with Crippen LogP contribution in [0.2, 0.25) is 0 Å². The zero-order valence-corrected chi connectivity index (χ0v) is 19.9. The number of hydrogen-bond donors (Lipinski definition) is 0. The molecule has 0 amide bonds. The van der Waals surface area contributed by atoms with Gasteiger partial charge in [0, 0.05) is 0 Å². The van der Waals surface area contributed by atoms with Gasteiger partial charge in [0.05, 0.1) is 0 Å². The molecule has 0 spiro atoms. The van der Waals surface area contributed by atoms with Crippen molar-refractivity contribution < 1.29 is 0 Å². The molecule has 168 valence electrons. The van der Waals surface area contributed by atoms with Crippen molar-refractivity contribution in [2.75, 3.05) is 0 Å². The van der Waals surface area contributed by atoms with E-state index in [4.69, 9.17) is 0 Å². The normalized spacial score (nSPS) is 11.3. The van der Waals surface area contributed by atoms with Crippen LogP contribution in [-0.2, 0) is 0 Å². The van der Waals surface area contributed by atoms with Gasteiger partial charge in [0.15, 0.2) is 0 Å². The largest absolute Gasteiger partial charge is 0.0622 e. The molecule has 7 rings (SSSR count). The first-order valence-corrected chi connectivity index (χ1v) is 12.4. The van der Waals surface area contributed by atoms with E-state index in [1.54, 1.807) is 0 Å². The van der Waals surface area contributed by atoms with E-state index in [0.29, 0.717) is 0 Å². The third kappa shape index (κ3) is 3.47.